The maximum Gasteiger partial charge on any atom is 2.00 e. The molecule has 0 aliphatic heterocycles. The smallest absolute Gasteiger partial charge is 0.332 e. The van der Waals surface area contributed by atoms with E-state index < -0.39 is 0 Å². The molecule has 0 aromatic heterocycles. The van der Waals surface area contributed by atoms with Gasteiger partial charge in [0.2, 0.25) is 0 Å². The van der Waals surface area contributed by atoms with Gasteiger partial charge < -0.3 is 13.3 Å². The summed E-state index contributed by atoms with van der Waals surface area (Å²) in [6.07, 6.45) is 13.5. The molecule has 0 nitrogen and oxygen atoms in total. The van der Waals surface area contributed by atoms with Crippen LogP contribution >= 0.6 is 0 Å². The van der Waals surface area contributed by atoms with E-state index in [1.165, 1.54) is 35.1 Å². The van der Waals surface area contributed by atoms with E-state index in [0.29, 0.717) is 11.8 Å². The minimum Gasteiger partial charge on any atom is -0.332 e. The van der Waals surface area contributed by atoms with Crippen LogP contribution in [0.1, 0.15) is 53.9 Å². The van der Waals surface area contributed by atoms with Crippen molar-refractivity contribution in [3.05, 3.63) is 96.3 Å². The van der Waals surface area contributed by atoms with Crippen LogP contribution in [-0.2, 0) is 26.2 Å². The van der Waals surface area contributed by atoms with Crippen LogP contribution in [0.15, 0.2) is 60.7 Å². The van der Waals surface area contributed by atoms with Crippen molar-refractivity contribution < 1.29 is 26.2 Å². The van der Waals surface area contributed by atoms with E-state index in [1.54, 1.807) is 0 Å². The molecule has 120 valence electrons. The van der Waals surface area contributed by atoms with Crippen LogP contribution in [0.4, 0.5) is 0 Å². The Kier molecular flexibility index (Phi) is 7.44. The van der Waals surface area contributed by atoms with Crippen LogP contribution < -0.4 is 0 Å². The fourth-order valence-electron chi connectivity index (χ4n) is 3.25. The maximum absolute atomic E-state index is 3.99. The van der Waals surface area contributed by atoms with Gasteiger partial charge in [-0.25, -0.2) is 0 Å². The predicted molar refractivity (Wildman–Crippen MR) is 101 cm³/mol. The topological polar surface area (TPSA) is 0 Å². The Hall–Kier alpha value is -1.20. The van der Waals surface area contributed by atoms with Crippen LogP contribution in [0.25, 0.3) is 12.2 Å². The Morgan fingerprint density at radius 3 is 2.12 bits per heavy atom. The van der Waals surface area contributed by atoms with E-state index in [0.717, 1.165) is 0 Å². The second-order valence-corrected chi connectivity index (χ2v) is 6.17. The molecule has 2 aliphatic rings. The molecule has 2 aromatic rings. The summed E-state index contributed by atoms with van der Waals surface area (Å²) in [5.74, 6) is 1.03. The molecule has 4 rings (SSSR count). The molecule has 0 fully saturated rings. The second kappa shape index (κ2) is 9.33. The number of allylic oxidation sites excluding steroid dienone is 2. The SMILES string of the molecule is C[CH-]CCC1C=Cc2ccccc21.[CH2-]C1C=Cc2ccccc21.[Zr+2]. The second-order valence-electron chi connectivity index (χ2n) is 6.17. The molecule has 2 aromatic carbocycles. The fraction of sp³-hybridized carbons (Fsp3) is 0.217. The first-order chi connectivity index (χ1) is 11.3. The van der Waals surface area contributed by atoms with Crippen LogP contribution in [-0.4, -0.2) is 0 Å². The van der Waals surface area contributed by atoms with Gasteiger partial charge in [0.25, 0.3) is 0 Å². The normalized spacial score (nSPS) is 19.1. The number of hydrogen-bond acceptors (Lipinski definition) is 0. The van der Waals surface area contributed by atoms with Gasteiger partial charge in [0.05, 0.1) is 0 Å². The van der Waals surface area contributed by atoms with Gasteiger partial charge in [0, 0.05) is 5.92 Å². The average molecular weight is 392 g/mol. The molecular weight excluding hydrogens is 367 g/mol. The third-order valence-electron chi connectivity index (χ3n) is 4.57. The zero-order valence-electron chi connectivity index (χ0n) is 14.3. The largest absolute Gasteiger partial charge is 2.00 e. The first-order valence-electron chi connectivity index (χ1n) is 8.44. The van der Waals surface area contributed by atoms with E-state index in [2.05, 4.69) is 93.1 Å². The fourth-order valence-corrected chi connectivity index (χ4v) is 3.25. The number of benzene rings is 2. The average Bonchev–Trinajstić information content (AvgIpc) is 3.18. The van der Waals surface area contributed by atoms with Gasteiger partial charge in [-0.05, 0) is 16.7 Å². The quantitative estimate of drug-likeness (QED) is 0.529. The maximum atomic E-state index is 3.99. The number of rotatable bonds is 3. The van der Waals surface area contributed by atoms with Crippen molar-refractivity contribution in [2.24, 2.45) is 0 Å². The third kappa shape index (κ3) is 4.45. The molecule has 1 heteroatoms. The summed E-state index contributed by atoms with van der Waals surface area (Å²) in [6, 6.07) is 17.1. The van der Waals surface area contributed by atoms with Gasteiger partial charge in [-0.3, -0.25) is 0 Å². The Labute approximate surface area is 165 Å². The standard InChI is InChI=1S/C13H15.C10H9.Zr/c1-2-3-6-11-9-10-12-7-4-5-8-13(11)12;1-8-6-7-9-4-2-3-5-10(8)9;/h2,4-5,7-11H,3,6H2,1H3;2-8H,1H2;/q2*-1;+2. The van der Waals surface area contributed by atoms with Gasteiger partial charge in [-0.15, -0.1) is 12.0 Å². The Morgan fingerprint density at radius 1 is 0.875 bits per heavy atom. The minimum atomic E-state index is 0. The Balaban J connectivity index is 0.000000172. The van der Waals surface area contributed by atoms with Gasteiger partial charge in [0.15, 0.2) is 0 Å². The monoisotopic (exact) mass is 390 g/mol. The molecule has 0 amide bonds. The van der Waals surface area contributed by atoms with Crippen molar-refractivity contribution in [2.75, 3.05) is 0 Å². The van der Waals surface area contributed by atoms with E-state index >= 15 is 0 Å². The minimum absolute atomic E-state index is 0. The summed E-state index contributed by atoms with van der Waals surface area (Å²) in [6.45, 7) is 6.12. The van der Waals surface area contributed by atoms with Crippen LogP contribution in [0.3, 0.4) is 0 Å². The van der Waals surface area contributed by atoms with Crippen molar-refractivity contribution in [3.8, 4) is 0 Å². The molecule has 0 bridgehead atoms. The summed E-state index contributed by atoms with van der Waals surface area (Å²) in [5.41, 5.74) is 5.58. The Morgan fingerprint density at radius 2 is 1.46 bits per heavy atom. The first kappa shape index (κ1) is 19.1. The van der Waals surface area contributed by atoms with Crippen molar-refractivity contribution in [1.29, 1.82) is 0 Å². The summed E-state index contributed by atoms with van der Waals surface area (Å²) in [5, 5.41) is 0. The van der Waals surface area contributed by atoms with E-state index in [1.807, 2.05) is 0 Å². The molecule has 0 N–H and O–H groups in total. The summed E-state index contributed by atoms with van der Waals surface area (Å²) >= 11 is 0. The van der Waals surface area contributed by atoms with Crippen molar-refractivity contribution >= 4 is 12.2 Å². The number of unbranched alkanes of at least 4 members (excludes halogenated alkanes) is 1. The van der Waals surface area contributed by atoms with Crippen molar-refractivity contribution in [3.63, 3.8) is 0 Å². The molecule has 0 heterocycles. The number of fused-ring (bicyclic) bond motifs is 2. The predicted octanol–water partition coefficient (Wildman–Crippen LogP) is 6.43. The van der Waals surface area contributed by atoms with Crippen LogP contribution in [0.5, 0.6) is 0 Å². The van der Waals surface area contributed by atoms with E-state index in [-0.39, 0.29) is 26.2 Å². The molecule has 24 heavy (non-hydrogen) atoms. The zero-order valence-corrected chi connectivity index (χ0v) is 16.7. The molecule has 0 radical (unpaired) electrons. The van der Waals surface area contributed by atoms with Crippen molar-refractivity contribution in [2.45, 2.75) is 31.6 Å². The van der Waals surface area contributed by atoms with Gasteiger partial charge in [-0.1, -0.05) is 78.7 Å². The first-order valence-corrected chi connectivity index (χ1v) is 8.44. The Bertz CT molecular complexity index is 711. The van der Waals surface area contributed by atoms with Crippen molar-refractivity contribution in [1.82, 2.24) is 0 Å². The van der Waals surface area contributed by atoms with E-state index in [4.69, 9.17) is 0 Å². The molecule has 2 atom stereocenters. The molecule has 0 spiro atoms. The van der Waals surface area contributed by atoms with Gasteiger partial charge in [0.1, 0.15) is 0 Å². The summed E-state index contributed by atoms with van der Waals surface area (Å²) in [7, 11) is 0. The molecule has 2 aliphatic carbocycles. The third-order valence-corrected chi connectivity index (χ3v) is 4.57. The van der Waals surface area contributed by atoms with Crippen LogP contribution in [0, 0.1) is 13.3 Å². The van der Waals surface area contributed by atoms with Gasteiger partial charge >= 0.3 is 26.2 Å². The molecular formula is C23H24Zr. The van der Waals surface area contributed by atoms with Crippen LogP contribution in [0.2, 0.25) is 0 Å². The molecule has 2 unspecified atom stereocenters. The molecule has 0 saturated heterocycles. The summed E-state index contributed by atoms with van der Waals surface area (Å²) < 4.78 is 0. The zero-order chi connectivity index (χ0) is 16.1. The van der Waals surface area contributed by atoms with Gasteiger partial charge in [-0.2, -0.15) is 13.3 Å². The number of hydrogen-bond donors (Lipinski definition) is 0. The molecule has 0 saturated carbocycles. The summed E-state index contributed by atoms with van der Waals surface area (Å²) in [4.78, 5) is 0. The van der Waals surface area contributed by atoms with E-state index in [9.17, 15) is 0 Å².